The predicted octanol–water partition coefficient (Wildman–Crippen LogP) is 1.80. The van der Waals surface area contributed by atoms with Gasteiger partial charge < -0.3 is 0 Å². The molecule has 1 heterocycles. The number of hydrogen-bond donors (Lipinski definition) is 0. The molecule has 0 N–H and O–H groups in total. The lowest BCUT2D eigenvalue weighted by atomic mass is 11.0. The third-order valence-corrected chi connectivity index (χ3v) is 1.22. The molecule has 6 heavy (non-hydrogen) atoms. The summed E-state index contributed by atoms with van der Waals surface area (Å²) in [6.07, 6.45) is 0.245. The summed E-state index contributed by atoms with van der Waals surface area (Å²) in [6, 6.07) is 0. The number of hydrogen-bond acceptors (Lipinski definition) is 2. The molecule has 0 aliphatic rings. The molecule has 0 bridgehead atoms. The topological polar surface area (TPSA) is 12.9 Å². The van der Waals surface area contributed by atoms with E-state index in [9.17, 15) is 0 Å². The molecule has 0 saturated carbocycles. The normalized spacial score (nSPS) is 11.2. The van der Waals surface area contributed by atoms with Crippen molar-refractivity contribution in [3.8, 4) is 0 Å². The highest BCUT2D eigenvalue weighted by Crippen LogP contribution is 2.08. The van der Waals surface area contributed by atoms with E-state index in [0.29, 0.717) is 4.47 Å². The van der Waals surface area contributed by atoms with E-state index < -0.39 is 0 Å². The quantitative estimate of drug-likeness (QED) is 0.509. The van der Waals surface area contributed by atoms with Gasteiger partial charge in [0.05, 0.1) is 1.37 Å². The summed E-state index contributed by atoms with van der Waals surface area (Å²) in [5.41, 5.74) is 0. The van der Waals surface area contributed by atoms with Crippen LogP contribution in [0.15, 0.2) is 11.6 Å². The van der Waals surface area contributed by atoms with Gasteiger partial charge in [-0.1, -0.05) is 11.6 Å². The van der Waals surface area contributed by atoms with Crippen LogP contribution in [0, 0.1) is 0 Å². The molecule has 0 amide bonds. The Bertz CT molecular complexity index is 147. The summed E-state index contributed by atoms with van der Waals surface area (Å²) in [7, 11) is 0. The Morgan fingerprint density at radius 1 is 2.17 bits per heavy atom. The lowest BCUT2D eigenvalue weighted by Crippen LogP contribution is -1.47. The van der Waals surface area contributed by atoms with Crippen molar-refractivity contribution < 1.29 is 1.37 Å². The van der Waals surface area contributed by atoms with E-state index in [1.54, 1.807) is 5.38 Å². The van der Waals surface area contributed by atoms with Crippen molar-refractivity contribution in [2.45, 2.75) is 0 Å². The van der Waals surface area contributed by atoms with Crippen LogP contribution < -0.4 is 0 Å². The average molecular weight is 121 g/mol. The van der Waals surface area contributed by atoms with Gasteiger partial charge in [0.2, 0.25) is 0 Å². The number of halogens is 1. The Labute approximate surface area is 46.0 Å². The van der Waals surface area contributed by atoms with Crippen LogP contribution >= 0.6 is 22.9 Å². The second-order valence-electron chi connectivity index (χ2n) is 0.730. The molecule has 0 radical (unpaired) electrons. The van der Waals surface area contributed by atoms with Gasteiger partial charge in [-0.05, 0) is 0 Å². The summed E-state index contributed by atoms with van der Waals surface area (Å²) in [4.78, 5) is 3.56. The fraction of sp³-hybridized carbons (Fsp3) is 0. The third-order valence-electron chi connectivity index (χ3n) is 0.361. The highest BCUT2D eigenvalue weighted by molar-refractivity contribution is 7.13. The van der Waals surface area contributed by atoms with Gasteiger partial charge in [-0.25, -0.2) is 4.98 Å². The minimum Gasteiger partial charge on any atom is -0.234 e. The molecule has 1 aromatic heterocycles. The SMILES string of the molecule is [2H]c1csc(Cl)n1. The van der Waals surface area contributed by atoms with Gasteiger partial charge in [-0.2, -0.15) is 0 Å². The van der Waals surface area contributed by atoms with E-state index in [4.69, 9.17) is 13.0 Å². The molecule has 32 valence electrons. The van der Waals surface area contributed by atoms with Crippen molar-refractivity contribution in [1.29, 1.82) is 0 Å². The first-order chi connectivity index (χ1) is 3.29. The van der Waals surface area contributed by atoms with Crippen LogP contribution in [0.25, 0.3) is 0 Å². The summed E-state index contributed by atoms with van der Waals surface area (Å²) in [6.45, 7) is 0. The van der Waals surface area contributed by atoms with Gasteiger partial charge in [0, 0.05) is 11.6 Å². The molecule has 0 spiro atoms. The molecule has 0 atom stereocenters. The maximum absolute atomic E-state index is 6.83. The summed E-state index contributed by atoms with van der Waals surface area (Å²) < 4.78 is 7.27. The van der Waals surface area contributed by atoms with Crippen molar-refractivity contribution in [2.24, 2.45) is 0 Å². The Morgan fingerprint density at radius 3 is 3.17 bits per heavy atom. The molecule has 0 unspecified atom stereocenters. The van der Waals surface area contributed by atoms with E-state index in [-0.39, 0.29) is 6.17 Å². The van der Waals surface area contributed by atoms with E-state index in [2.05, 4.69) is 4.98 Å². The molecule has 0 fully saturated rings. The predicted molar refractivity (Wildman–Crippen MR) is 27.1 cm³/mol. The van der Waals surface area contributed by atoms with Crippen molar-refractivity contribution in [3.05, 3.63) is 16.0 Å². The number of thiazole rings is 1. The third kappa shape index (κ3) is 0.698. The maximum atomic E-state index is 6.83. The highest BCUT2D eigenvalue weighted by Gasteiger charge is 1.79. The summed E-state index contributed by atoms with van der Waals surface area (Å²) in [5.74, 6) is 0. The monoisotopic (exact) mass is 120 g/mol. The maximum Gasteiger partial charge on any atom is 0.183 e. The molecular weight excluding hydrogens is 118 g/mol. The fourth-order valence-electron chi connectivity index (χ4n) is 0.178. The second kappa shape index (κ2) is 1.58. The van der Waals surface area contributed by atoms with Gasteiger partial charge in [0.15, 0.2) is 4.47 Å². The van der Waals surface area contributed by atoms with Crippen LogP contribution in [-0.2, 0) is 0 Å². The van der Waals surface area contributed by atoms with E-state index >= 15 is 0 Å². The van der Waals surface area contributed by atoms with Crippen molar-refractivity contribution in [2.75, 3.05) is 0 Å². The minimum atomic E-state index is 0.245. The Hall–Kier alpha value is -0.0800. The lowest BCUT2D eigenvalue weighted by molar-refractivity contribution is 1.43. The highest BCUT2D eigenvalue weighted by atomic mass is 35.5. The van der Waals surface area contributed by atoms with E-state index in [1.165, 1.54) is 11.3 Å². The first-order valence-corrected chi connectivity index (χ1v) is 2.62. The van der Waals surface area contributed by atoms with Crippen LogP contribution in [0.1, 0.15) is 1.37 Å². The first kappa shape index (κ1) is 2.99. The van der Waals surface area contributed by atoms with Crippen LogP contribution in [0.2, 0.25) is 4.47 Å². The van der Waals surface area contributed by atoms with Gasteiger partial charge in [-0.3, -0.25) is 0 Å². The smallest absolute Gasteiger partial charge is 0.183 e. The lowest BCUT2D eigenvalue weighted by Gasteiger charge is -1.61. The summed E-state index contributed by atoms with van der Waals surface area (Å²) >= 11 is 6.62. The number of nitrogens with zero attached hydrogens (tertiary/aromatic N) is 1. The molecule has 0 saturated heterocycles. The number of rotatable bonds is 0. The minimum absolute atomic E-state index is 0.245. The van der Waals surface area contributed by atoms with Gasteiger partial charge in [0.1, 0.15) is 0 Å². The second-order valence-corrected chi connectivity index (χ2v) is 2.17. The molecular formula is C3H2ClNS. The zero-order valence-corrected chi connectivity index (χ0v) is 4.38. The van der Waals surface area contributed by atoms with Gasteiger partial charge >= 0.3 is 0 Å². The molecule has 1 aromatic rings. The Kier molecular flexibility index (Phi) is 0.787. The zero-order chi connectivity index (χ0) is 5.28. The van der Waals surface area contributed by atoms with Gasteiger partial charge in [-0.15, -0.1) is 11.3 Å². The molecule has 0 aromatic carbocycles. The molecule has 1 nitrogen and oxygen atoms in total. The molecule has 3 heteroatoms. The summed E-state index contributed by atoms with van der Waals surface area (Å²) in [5, 5.41) is 1.59. The first-order valence-electron chi connectivity index (χ1n) is 1.86. The van der Waals surface area contributed by atoms with Crippen LogP contribution in [0.3, 0.4) is 0 Å². The molecule has 1 rings (SSSR count). The van der Waals surface area contributed by atoms with E-state index in [1.807, 2.05) is 0 Å². The average Bonchev–Trinajstić information content (AvgIpc) is 1.87. The Morgan fingerprint density at radius 2 is 3.00 bits per heavy atom. The fourth-order valence-corrected chi connectivity index (χ4v) is 0.669. The van der Waals surface area contributed by atoms with Crippen molar-refractivity contribution in [3.63, 3.8) is 0 Å². The van der Waals surface area contributed by atoms with Crippen molar-refractivity contribution >= 4 is 22.9 Å². The molecule has 0 aliphatic heterocycles. The van der Waals surface area contributed by atoms with Crippen LogP contribution in [-0.4, -0.2) is 4.98 Å². The van der Waals surface area contributed by atoms with E-state index in [0.717, 1.165) is 0 Å². The van der Waals surface area contributed by atoms with Gasteiger partial charge in [0.25, 0.3) is 0 Å². The largest absolute Gasteiger partial charge is 0.234 e. The van der Waals surface area contributed by atoms with Crippen LogP contribution in [0.5, 0.6) is 0 Å². The Balaban J connectivity index is 3.04. The van der Waals surface area contributed by atoms with Crippen molar-refractivity contribution in [1.82, 2.24) is 4.98 Å². The molecule has 0 aliphatic carbocycles. The zero-order valence-electron chi connectivity index (χ0n) is 3.81. The van der Waals surface area contributed by atoms with Crippen LogP contribution in [0.4, 0.5) is 0 Å². The standard InChI is InChI=1S/C3H2ClNS/c4-3-5-1-2-6-3/h1-2H/i1D. The number of aromatic nitrogens is 1.